The molecule has 2 aliphatic heterocycles. The summed E-state index contributed by atoms with van der Waals surface area (Å²) in [6.45, 7) is 8.41. The minimum absolute atomic E-state index is 0. The Labute approximate surface area is 166 Å². The van der Waals surface area contributed by atoms with Gasteiger partial charge in [-0.3, -0.25) is 9.69 Å². The molecule has 4 rings (SSSR count). The van der Waals surface area contributed by atoms with Crippen LogP contribution in [-0.4, -0.2) is 70.6 Å². The van der Waals surface area contributed by atoms with Crippen molar-refractivity contribution in [3.63, 3.8) is 0 Å². The monoisotopic (exact) mass is 399 g/mol. The Morgan fingerprint density at radius 2 is 1.92 bits per heavy atom. The molecule has 1 aromatic heterocycles. The summed E-state index contributed by atoms with van der Waals surface area (Å²) < 4.78 is 2.04. The van der Waals surface area contributed by atoms with Crippen LogP contribution in [0.1, 0.15) is 12.2 Å². The van der Waals surface area contributed by atoms with E-state index in [0.717, 1.165) is 62.5 Å². The molecular formula is C18H27Cl2N5O. The van der Waals surface area contributed by atoms with Gasteiger partial charge in [-0.05, 0) is 25.5 Å². The van der Waals surface area contributed by atoms with Crippen molar-refractivity contribution in [2.45, 2.75) is 25.9 Å². The van der Waals surface area contributed by atoms with Crippen LogP contribution in [0.25, 0.3) is 11.0 Å². The molecule has 2 fully saturated rings. The minimum atomic E-state index is 0. The zero-order chi connectivity index (χ0) is 16.5. The van der Waals surface area contributed by atoms with Crippen molar-refractivity contribution in [3.05, 3.63) is 30.1 Å². The molecule has 0 bridgehead atoms. The lowest BCUT2D eigenvalue weighted by Gasteiger charge is -2.32. The number of rotatable bonds is 3. The summed E-state index contributed by atoms with van der Waals surface area (Å²) in [7, 11) is 0. The fraction of sp³-hybridized carbons (Fsp3) is 0.556. The van der Waals surface area contributed by atoms with E-state index in [-0.39, 0.29) is 30.7 Å². The number of carbonyl (C=O) groups excluding carboxylic acids is 1. The highest BCUT2D eigenvalue weighted by Gasteiger charge is 2.31. The van der Waals surface area contributed by atoms with Crippen molar-refractivity contribution in [2.24, 2.45) is 0 Å². The molecule has 1 atom stereocenters. The number of likely N-dealkylation sites (tertiary alicyclic amines) is 1. The third-order valence-electron chi connectivity index (χ3n) is 5.32. The van der Waals surface area contributed by atoms with Gasteiger partial charge < -0.3 is 14.8 Å². The predicted octanol–water partition coefficient (Wildman–Crippen LogP) is 1.69. The standard InChI is InChI=1S/C18H25N5O.2ClH/c1-14-20-16-4-2-3-5-17(16)23(14)13-18(24)22-9-6-15(12-22)21-10-7-19-8-11-21;;/h2-5,15,19H,6-13H2,1H3;2*1H. The van der Waals surface area contributed by atoms with E-state index in [2.05, 4.69) is 15.2 Å². The number of benzene rings is 1. The predicted molar refractivity (Wildman–Crippen MR) is 108 cm³/mol. The zero-order valence-corrected chi connectivity index (χ0v) is 16.7. The Morgan fingerprint density at radius 3 is 2.69 bits per heavy atom. The quantitative estimate of drug-likeness (QED) is 0.852. The number of carbonyl (C=O) groups is 1. The second kappa shape index (κ2) is 9.04. The molecule has 8 heteroatoms. The molecule has 0 aliphatic carbocycles. The Morgan fingerprint density at radius 1 is 1.19 bits per heavy atom. The number of fused-ring (bicyclic) bond motifs is 1. The number of halogens is 2. The van der Waals surface area contributed by atoms with Crippen molar-refractivity contribution in [3.8, 4) is 0 Å². The van der Waals surface area contributed by atoms with Crippen molar-refractivity contribution in [1.82, 2.24) is 24.7 Å². The molecule has 0 saturated carbocycles. The molecule has 1 amide bonds. The van der Waals surface area contributed by atoms with Crippen molar-refractivity contribution in [1.29, 1.82) is 0 Å². The van der Waals surface area contributed by atoms with Gasteiger partial charge in [0.15, 0.2) is 0 Å². The highest BCUT2D eigenvalue weighted by Crippen LogP contribution is 2.19. The number of para-hydroxylation sites is 2. The van der Waals surface area contributed by atoms with Crippen LogP contribution in [0.15, 0.2) is 24.3 Å². The maximum Gasteiger partial charge on any atom is 0.242 e. The number of aromatic nitrogens is 2. The topological polar surface area (TPSA) is 53.4 Å². The summed E-state index contributed by atoms with van der Waals surface area (Å²) in [6.07, 6.45) is 1.09. The van der Waals surface area contributed by atoms with Gasteiger partial charge in [0, 0.05) is 45.3 Å². The number of hydrogen-bond donors (Lipinski definition) is 1. The first kappa shape index (κ1) is 21.0. The lowest BCUT2D eigenvalue weighted by atomic mass is 10.2. The van der Waals surface area contributed by atoms with Gasteiger partial charge in [-0.25, -0.2) is 4.98 Å². The van der Waals surface area contributed by atoms with Crippen LogP contribution < -0.4 is 5.32 Å². The largest absolute Gasteiger partial charge is 0.340 e. The van der Waals surface area contributed by atoms with Crippen molar-refractivity contribution in [2.75, 3.05) is 39.3 Å². The molecule has 2 aromatic rings. The van der Waals surface area contributed by atoms with Crippen LogP contribution in [0.5, 0.6) is 0 Å². The van der Waals surface area contributed by atoms with Gasteiger partial charge in [-0.15, -0.1) is 24.8 Å². The summed E-state index contributed by atoms with van der Waals surface area (Å²) in [5.74, 6) is 1.11. The lowest BCUT2D eigenvalue weighted by Crippen LogP contribution is -2.49. The number of amides is 1. The normalized spacial score (nSPS) is 20.7. The molecule has 2 saturated heterocycles. The highest BCUT2D eigenvalue weighted by molar-refractivity contribution is 5.85. The van der Waals surface area contributed by atoms with Crippen LogP contribution in [0.3, 0.4) is 0 Å². The number of piperazine rings is 1. The van der Waals surface area contributed by atoms with Gasteiger partial charge >= 0.3 is 0 Å². The number of imidazole rings is 1. The van der Waals surface area contributed by atoms with E-state index in [9.17, 15) is 4.79 Å². The fourth-order valence-electron chi connectivity index (χ4n) is 3.94. The maximum atomic E-state index is 12.8. The molecule has 0 spiro atoms. The molecule has 26 heavy (non-hydrogen) atoms. The highest BCUT2D eigenvalue weighted by atomic mass is 35.5. The van der Waals surface area contributed by atoms with E-state index >= 15 is 0 Å². The molecular weight excluding hydrogens is 373 g/mol. The number of nitrogens with zero attached hydrogens (tertiary/aromatic N) is 4. The van der Waals surface area contributed by atoms with Gasteiger partial charge in [-0.2, -0.15) is 0 Å². The van der Waals surface area contributed by atoms with E-state index in [1.807, 2.05) is 40.7 Å². The van der Waals surface area contributed by atoms with E-state index in [0.29, 0.717) is 12.6 Å². The van der Waals surface area contributed by atoms with Gasteiger partial charge in [0.2, 0.25) is 5.91 Å². The third-order valence-corrected chi connectivity index (χ3v) is 5.32. The molecule has 3 heterocycles. The van der Waals surface area contributed by atoms with Crippen LogP contribution in [0.2, 0.25) is 0 Å². The first-order valence-electron chi connectivity index (χ1n) is 8.87. The molecule has 1 N–H and O–H groups in total. The van der Waals surface area contributed by atoms with E-state index in [1.165, 1.54) is 0 Å². The average Bonchev–Trinajstić information content (AvgIpc) is 3.21. The molecule has 6 nitrogen and oxygen atoms in total. The lowest BCUT2D eigenvalue weighted by molar-refractivity contribution is -0.130. The van der Waals surface area contributed by atoms with E-state index < -0.39 is 0 Å². The summed E-state index contributed by atoms with van der Waals surface area (Å²) in [5.41, 5.74) is 2.00. The van der Waals surface area contributed by atoms with Gasteiger partial charge in [0.1, 0.15) is 12.4 Å². The minimum Gasteiger partial charge on any atom is -0.340 e. The fourth-order valence-corrected chi connectivity index (χ4v) is 3.94. The van der Waals surface area contributed by atoms with Crippen LogP contribution in [0.4, 0.5) is 0 Å². The molecule has 0 radical (unpaired) electrons. The summed E-state index contributed by atoms with van der Waals surface area (Å²) in [4.78, 5) is 21.9. The van der Waals surface area contributed by atoms with Crippen LogP contribution in [-0.2, 0) is 11.3 Å². The second-order valence-corrected chi connectivity index (χ2v) is 6.80. The summed E-state index contributed by atoms with van der Waals surface area (Å²) in [5, 5.41) is 3.39. The van der Waals surface area contributed by atoms with Crippen LogP contribution in [0, 0.1) is 6.92 Å². The van der Waals surface area contributed by atoms with Crippen LogP contribution >= 0.6 is 24.8 Å². The Bertz CT molecular complexity index is 744. The Balaban J connectivity index is 0.00000121. The van der Waals surface area contributed by atoms with Crippen molar-refractivity contribution < 1.29 is 4.79 Å². The molecule has 1 unspecified atom stereocenters. The summed E-state index contributed by atoms with van der Waals surface area (Å²) in [6, 6.07) is 8.55. The SMILES string of the molecule is Cc1nc2ccccc2n1CC(=O)N1CCC(N2CCNCC2)C1.Cl.Cl. The van der Waals surface area contributed by atoms with E-state index in [4.69, 9.17) is 0 Å². The number of aryl methyl sites for hydroxylation is 1. The number of nitrogens with one attached hydrogen (secondary N) is 1. The van der Waals surface area contributed by atoms with Gasteiger partial charge in [-0.1, -0.05) is 12.1 Å². The average molecular weight is 400 g/mol. The molecule has 144 valence electrons. The Hall–Kier alpha value is -1.34. The van der Waals surface area contributed by atoms with Gasteiger partial charge in [0.05, 0.1) is 11.0 Å². The smallest absolute Gasteiger partial charge is 0.242 e. The van der Waals surface area contributed by atoms with Gasteiger partial charge in [0.25, 0.3) is 0 Å². The van der Waals surface area contributed by atoms with E-state index in [1.54, 1.807) is 0 Å². The van der Waals surface area contributed by atoms with Crippen molar-refractivity contribution >= 4 is 41.8 Å². The summed E-state index contributed by atoms with van der Waals surface area (Å²) >= 11 is 0. The first-order valence-corrected chi connectivity index (χ1v) is 8.87. The molecule has 2 aliphatic rings. The second-order valence-electron chi connectivity index (χ2n) is 6.80. The number of hydrogen-bond acceptors (Lipinski definition) is 4. The third kappa shape index (κ3) is 4.14. The molecule has 1 aromatic carbocycles. The zero-order valence-electron chi connectivity index (χ0n) is 15.1. The Kier molecular flexibility index (Phi) is 7.29. The maximum absolute atomic E-state index is 12.8. The first-order chi connectivity index (χ1) is 11.7.